The van der Waals surface area contributed by atoms with Gasteiger partial charge >= 0.3 is 0 Å². The molecule has 1 aliphatic rings. The zero-order chi connectivity index (χ0) is 23.3. The zero-order valence-electron chi connectivity index (χ0n) is 19.9. The Kier molecular flexibility index (Phi) is 6.00. The summed E-state index contributed by atoms with van der Waals surface area (Å²) in [5.41, 5.74) is 7.19. The van der Waals surface area contributed by atoms with Crippen molar-refractivity contribution in [2.45, 2.75) is 26.2 Å². The van der Waals surface area contributed by atoms with Gasteiger partial charge in [0.15, 0.2) is 0 Å². The molecule has 0 spiro atoms. The average molecular weight is 629 g/mol. The van der Waals surface area contributed by atoms with Crippen molar-refractivity contribution in [1.82, 2.24) is 9.97 Å². The van der Waals surface area contributed by atoms with Crippen molar-refractivity contribution >= 4 is 32.4 Å². The Balaban J connectivity index is 0.000000167. The number of rotatable bonds is 1. The predicted octanol–water partition coefficient (Wildman–Crippen LogP) is 7.84. The first-order chi connectivity index (χ1) is 16.6. The van der Waals surface area contributed by atoms with Gasteiger partial charge in [-0.25, -0.2) is 0 Å². The fraction of sp³-hybridized carbons (Fsp3) is 0.125. The largest absolute Gasteiger partial charge is 0.305 e. The standard InChI is InChI=1S/C21H16N.C11H8N.Ir/c1-12-7-8-14-15(11-12)13-5-4-6-16-18(13)19-17(21(16,2)3)9-10-22-20(14)19;1-2-6-10(7-3-1)11-8-4-5-9-12-11;/h4-7,9-11H,1-3H3;1-6,8-9H;/q2*-1;. The van der Waals surface area contributed by atoms with Gasteiger partial charge in [0, 0.05) is 37.9 Å². The van der Waals surface area contributed by atoms with Crippen LogP contribution in [0.3, 0.4) is 0 Å². The Bertz CT molecular complexity index is 1640. The number of aryl methyl sites for hydroxylation is 1. The summed E-state index contributed by atoms with van der Waals surface area (Å²) in [5, 5.41) is 6.46. The number of benzene rings is 4. The molecule has 1 aliphatic carbocycles. The molecule has 0 aliphatic heterocycles. The molecule has 6 aromatic rings. The van der Waals surface area contributed by atoms with Crippen molar-refractivity contribution in [1.29, 1.82) is 0 Å². The van der Waals surface area contributed by atoms with Crippen LogP contribution in [-0.2, 0) is 25.5 Å². The fourth-order valence-corrected chi connectivity index (χ4v) is 5.23. The molecular formula is C32H24IrN2-2. The monoisotopic (exact) mass is 629 g/mol. The van der Waals surface area contributed by atoms with E-state index in [0.29, 0.717) is 0 Å². The third-order valence-corrected chi connectivity index (χ3v) is 6.87. The number of hydrogen-bond acceptors (Lipinski definition) is 2. The van der Waals surface area contributed by atoms with Crippen LogP contribution < -0.4 is 0 Å². The van der Waals surface area contributed by atoms with Crippen LogP contribution >= 0.6 is 0 Å². The summed E-state index contributed by atoms with van der Waals surface area (Å²) >= 11 is 0. The SMILES string of the molecule is Cc1c[c-]c2c(c1)c1cccc3c1c1c(ccnc21)C3(C)C.[Ir].[c-]1ccccc1-c1ccccn1. The van der Waals surface area contributed by atoms with E-state index < -0.39 is 0 Å². The van der Waals surface area contributed by atoms with Gasteiger partial charge in [-0.3, -0.25) is 0 Å². The summed E-state index contributed by atoms with van der Waals surface area (Å²) in [6.45, 7) is 6.76. The zero-order valence-corrected chi connectivity index (χ0v) is 22.3. The Morgan fingerprint density at radius 2 is 1.57 bits per heavy atom. The smallest absolute Gasteiger partial charge is 0.0164 e. The molecule has 1 radical (unpaired) electrons. The maximum absolute atomic E-state index is 4.72. The van der Waals surface area contributed by atoms with Crippen LogP contribution in [0, 0.1) is 19.1 Å². The van der Waals surface area contributed by atoms with Crippen LogP contribution in [0.5, 0.6) is 0 Å². The summed E-state index contributed by atoms with van der Waals surface area (Å²) in [5.74, 6) is 0. The minimum absolute atomic E-state index is 0. The predicted molar refractivity (Wildman–Crippen MR) is 141 cm³/mol. The average Bonchev–Trinajstić information content (AvgIpc) is 3.13. The minimum Gasteiger partial charge on any atom is -0.305 e. The minimum atomic E-state index is 0. The van der Waals surface area contributed by atoms with Crippen molar-refractivity contribution < 1.29 is 20.1 Å². The molecule has 2 heterocycles. The Morgan fingerprint density at radius 1 is 0.743 bits per heavy atom. The molecular weight excluding hydrogens is 605 g/mol. The topological polar surface area (TPSA) is 25.8 Å². The van der Waals surface area contributed by atoms with Crippen LogP contribution in [0.1, 0.15) is 30.5 Å². The molecule has 0 saturated heterocycles. The summed E-state index contributed by atoms with van der Waals surface area (Å²) in [7, 11) is 0. The second-order valence-corrected chi connectivity index (χ2v) is 9.39. The molecule has 7 rings (SSSR count). The van der Waals surface area contributed by atoms with Crippen LogP contribution in [0.15, 0.2) is 91.3 Å². The van der Waals surface area contributed by atoms with Gasteiger partial charge in [0.2, 0.25) is 0 Å². The quantitative estimate of drug-likeness (QED) is 0.137. The Labute approximate surface area is 219 Å². The van der Waals surface area contributed by atoms with E-state index in [-0.39, 0.29) is 25.5 Å². The first-order valence-corrected chi connectivity index (χ1v) is 11.6. The van der Waals surface area contributed by atoms with Gasteiger partial charge in [-0.15, -0.1) is 65.0 Å². The molecule has 0 unspecified atom stereocenters. The molecule has 0 fully saturated rings. The van der Waals surface area contributed by atoms with Crippen molar-refractivity contribution in [3.63, 3.8) is 0 Å². The molecule has 0 atom stereocenters. The molecule has 0 amide bonds. The van der Waals surface area contributed by atoms with Crippen LogP contribution in [0.25, 0.3) is 43.7 Å². The van der Waals surface area contributed by atoms with Gasteiger partial charge in [0.1, 0.15) is 0 Å². The van der Waals surface area contributed by atoms with Gasteiger partial charge in [-0.2, -0.15) is 0 Å². The van der Waals surface area contributed by atoms with E-state index in [1.54, 1.807) is 6.20 Å². The summed E-state index contributed by atoms with van der Waals surface area (Å²) in [4.78, 5) is 8.94. The number of hydrogen-bond donors (Lipinski definition) is 0. The van der Waals surface area contributed by atoms with E-state index in [9.17, 15) is 0 Å². The summed E-state index contributed by atoms with van der Waals surface area (Å²) in [6, 6.07) is 33.5. The van der Waals surface area contributed by atoms with E-state index in [2.05, 4.69) is 74.3 Å². The molecule has 0 N–H and O–H groups in total. The van der Waals surface area contributed by atoms with Crippen LogP contribution in [0.2, 0.25) is 0 Å². The molecule has 173 valence electrons. The van der Waals surface area contributed by atoms with Gasteiger partial charge in [0.25, 0.3) is 0 Å². The Hall–Kier alpha value is -3.39. The molecule has 0 bridgehead atoms. The molecule has 2 nitrogen and oxygen atoms in total. The van der Waals surface area contributed by atoms with Crippen LogP contribution in [-0.4, -0.2) is 9.97 Å². The van der Waals surface area contributed by atoms with Crippen LogP contribution in [0.4, 0.5) is 0 Å². The third-order valence-electron chi connectivity index (χ3n) is 6.87. The van der Waals surface area contributed by atoms with Gasteiger partial charge in [-0.05, 0) is 45.2 Å². The van der Waals surface area contributed by atoms with E-state index in [0.717, 1.165) is 22.2 Å². The molecule has 2 aromatic heterocycles. The molecule has 35 heavy (non-hydrogen) atoms. The summed E-state index contributed by atoms with van der Waals surface area (Å²) < 4.78 is 0. The fourth-order valence-electron chi connectivity index (χ4n) is 5.23. The first-order valence-electron chi connectivity index (χ1n) is 11.6. The van der Waals surface area contributed by atoms with E-state index in [1.165, 1.54) is 38.2 Å². The van der Waals surface area contributed by atoms with E-state index in [4.69, 9.17) is 4.98 Å². The van der Waals surface area contributed by atoms with E-state index in [1.807, 2.05) is 48.7 Å². The maximum atomic E-state index is 4.72. The number of fused-ring (bicyclic) bond motifs is 3. The van der Waals surface area contributed by atoms with Gasteiger partial charge < -0.3 is 9.97 Å². The summed E-state index contributed by atoms with van der Waals surface area (Å²) in [6.07, 6.45) is 3.74. The molecule has 0 saturated carbocycles. The third kappa shape index (κ3) is 3.76. The Morgan fingerprint density at radius 3 is 2.34 bits per heavy atom. The maximum Gasteiger partial charge on any atom is 0.0164 e. The number of pyridine rings is 2. The van der Waals surface area contributed by atoms with Crippen molar-refractivity contribution in [3.8, 4) is 11.3 Å². The second kappa shape index (κ2) is 9.00. The normalized spacial score (nSPS) is 13.0. The van der Waals surface area contributed by atoms with Crippen molar-refractivity contribution in [3.05, 3.63) is 120 Å². The molecule has 4 aromatic carbocycles. The van der Waals surface area contributed by atoms with E-state index >= 15 is 0 Å². The van der Waals surface area contributed by atoms with Gasteiger partial charge in [-0.1, -0.05) is 61.9 Å². The van der Waals surface area contributed by atoms with Crippen molar-refractivity contribution in [2.24, 2.45) is 0 Å². The molecule has 3 heteroatoms. The number of aromatic nitrogens is 2. The second-order valence-electron chi connectivity index (χ2n) is 9.39. The first kappa shape index (κ1) is 23.4. The number of nitrogens with zero attached hydrogens (tertiary/aromatic N) is 2. The van der Waals surface area contributed by atoms with Crippen molar-refractivity contribution in [2.75, 3.05) is 0 Å². The van der Waals surface area contributed by atoms with Gasteiger partial charge in [0.05, 0.1) is 0 Å².